The molecule has 0 fully saturated rings. The van der Waals surface area contributed by atoms with Gasteiger partial charge in [0.05, 0.1) is 6.21 Å². The summed E-state index contributed by atoms with van der Waals surface area (Å²) in [5.41, 5.74) is 7.06. The van der Waals surface area contributed by atoms with Crippen molar-refractivity contribution in [2.24, 2.45) is 5.10 Å². The first kappa shape index (κ1) is 18.7. The fraction of sp³-hybridized carbons (Fsp3) is 0.333. The highest BCUT2D eigenvalue weighted by molar-refractivity contribution is 5.84. The van der Waals surface area contributed by atoms with Crippen molar-refractivity contribution in [1.82, 2.24) is 5.43 Å². The lowest BCUT2D eigenvalue weighted by atomic mass is 9.99. The molecule has 0 saturated heterocycles. The Morgan fingerprint density at radius 1 is 1.20 bits per heavy atom. The molecule has 4 nitrogen and oxygen atoms in total. The maximum absolute atomic E-state index is 11.8. The predicted molar refractivity (Wildman–Crippen MR) is 102 cm³/mol. The Balaban J connectivity index is 1.81. The summed E-state index contributed by atoms with van der Waals surface area (Å²) in [7, 11) is 0. The van der Waals surface area contributed by atoms with Gasteiger partial charge in [-0.3, -0.25) is 4.79 Å². The highest BCUT2D eigenvalue weighted by Gasteiger charge is 2.05. The number of ether oxygens (including phenoxy) is 1. The zero-order valence-electron chi connectivity index (χ0n) is 15.4. The lowest BCUT2D eigenvalue weighted by Crippen LogP contribution is -2.24. The largest absolute Gasteiger partial charge is 0.484 e. The van der Waals surface area contributed by atoms with Gasteiger partial charge in [0.25, 0.3) is 5.91 Å². The summed E-state index contributed by atoms with van der Waals surface area (Å²) in [4.78, 5) is 11.8. The van der Waals surface area contributed by atoms with E-state index < -0.39 is 0 Å². The maximum Gasteiger partial charge on any atom is 0.277 e. The van der Waals surface area contributed by atoms with Gasteiger partial charge in [0.15, 0.2) is 6.61 Å². The zero-order valence-corrected chi connectivity index (χ0v) is 15.4. The van der Waals surface area contributed by atoms with Gasteiger partial charge in [-0.2, -0.15) is 5.10 Å². The summed E-state index contributed by atoms with van der Waals surface area (Å²) in [6.07, 6.45) is 2.74. The van der Waals surface area contributed by atoms with E-state index in [1.807, 2.05) is 50.2 Å². The number of rotatable bonds is 7. The van der Waals surface area contributed by atoms with Crippen LogP contribution in [0.15, 0.2) is 47.6 Å². The minimum Gasteiger partial charge on any atom is -0.484 e. The number of aryl methyl sites for hydroxylation is 2. The second-order valence-electron chi connectivity index (χ2n) is 6.32. The molecule has 0 aromatic heterocycles. The number of amides is 1. The number of hydrazone groups is 1. The molecule has 0 aliphatic carbocycles. The molecular formula is C21H26N2O2. The van der Waals surface area contributed by atoms with Crippen LogP contribution >= 0.6 is 0 Å². The number of carbonyl (C=O) groups excluding carboxylic acids is 1. The van der Waals surface area contributed by atoms with Crippen molar-refractivity contribution >= 4 is 12.1 Å². The van der Waals surface area contributed by atoms with Gasteiger partial charge in [0.2, 0.25) is 0 Å². The molecule has 4 heteroatoms. The molecule has 0 aliphatic heterocycles. The van der Waals surface area contributed by atoms with E-state index in [2.05, 4.69) is 30.4 Å². The minimum atomic E-state index is -0.285. The van der Waals surface area contributed by atoms with Crippen LogP contribution in [0.5, 0.6) is 5.75 Å². The van der Waals surface area contributed by atoms with Gasteiger partial charge in [-0.1, -0.05) is 49.7 Å². The van der Waals surface area contributed by atoms with Crippen LogP contribution in [0, 0.1) is 13.8 Å². The van der Waals surface area contributed by atoms with Crippen LogP contribution in [-0.4, -0.2) is 18.7 Å². The molecule has 0 heterocycles. The molecule has 2 aromatic rings. The van der Waals surface area contributed by atoms with Crippen molar-refractivity contribution in [3.8, 4) is 5.75 Å². The minimum absolute atomic E-state index is 0.0626. The van der Waals surface area contributed by atoms with Crippen molar-refractivity contribution < 1.29 is 9.53 Å². The maximum atomic E-state index is 11.8. The van der Waals surface area contributed by atoms with Crippen LogP contribution in [0.3, 0.4) is 0 Å². The van der Waals surface area contributed by atoms with Crippen molar-refractivity contribution in [3.05, 3.63) is 64.7 Å². The molecular weight excluding hydrogens is 312 g/mol. The summed E-state index contributed by atoms with van der Waals surface area (Å²) < 4.78 is 5.49. The van der Waals surface area contributed by atoms with Gasteiger partial charge in [-0.05, 0) is 55.0 Å². The molecule has 0 bridgehead atoms. The van der Waals surface area contributed by atoms with E-state index in [9.17, 15) is 4.79 Å². The Labute approximate surface area is 149 Å². The molecule has 0 spiro atoms. The van der Waals surface area contributed by atoms with Crippen LogP contribution in [0.4, 0.5) is 0 Å². The molecule has 1 unspecified atom stereocenters. The summed E-state index contributed by atoms with van der Waals surface area (Å²) in [6, 6.07) is 14.0. The van der Waals surface area contributed by atoms with E-state index in [1.54, 1.807) is 6.21 Å². The van der Waals surface area contributed by atoms with Gasteiger partial charge < -0.3 is 4.74 Å². The normalized spacial score (nSPS) is 12.2. The zero-order chi connectivity index (χ0) is 18.2. The first-order chi connectivity index (χ1) is 12.0. The highest BCUT2D eigenvalue weighted by Crippen LogP contribution is 2.21. The van der Waals surface area contributed by atoms with Crippen LogP contribution in [-0.2, 0) is 4.79 Å². The van der Waals surface area contributed by atoms with Gasteiger partial charge >= 0.3 is 0 Å². The lowest BCUT2D eigenvalue weighted by Gasteiger charge is -2.10. The molecule has 2 rings (SSSR count). The molecule has 1 amide bonds. The standard InChI is InChI=1S/C21H26N2O2/c1-5-16(3)18-8-10-20(11-9-18)25-14-21(24)23-22-13-19-7-6-15(2)12-17(19)4/h6-13,16H,5,14H2,1-4H3,(H,23,24)/b22-13+. The first-order valence-electron chi connectivity index (χ1n) is 8.61. The molecule has 1 N–H and O–H groups in total. The van der Waals surface area contributed by atoms with Crippen molar-refractivity contribution in [3.63, 3.8) is 0 Å². The SMILES string of the molecule is CCC(C)c1ccc(OCC(=O)N/N=C/c2ccc(C)cc2C)cc1. The second kappa shape index (κ2) is 9.02. The molecule has 0 radical (unpaired) electrons. The van der Waals surface area contributed by atoms with E-state index in [0.29, 0.717) is 11.7 Å². The van der Waals surface area contributed by atoms with Gasteiger partial charge in [0.1, 0.15) is 5.75 Å². The Morgan fingerprint density at radius 2 is 1.92 bits per heavy atom. The Bertz CT molecular complexity index is 736. The summed E-state index contributed by atoms with van der Waals surface area (Å²) in [6.45, 7) is 8.35. The Morgan fingerprint density at radius 3 is 2.56 bits per heavy atom. The van der Waals surface area contributed by atoms with E-state index in [4.69, 9.17) is 4.74 Å². The van der Waals surface area contributed by atoms with Crippen LogP contribution in [0.1, 0.15) is 48.4 Å². The van der Waals surface area contributed by atoms with Crippen molar-refractivity contribution in [1.29, 1.82) is 0 Å². The second-order valence-corrected chi connectivity index (χ2v) is 6.32. The monoisotopic (exact) mass is 338 g/mol. The van der Waals surface area contributed by atoms with Crippen LogP contribution in [0.25, 0.3) is 0 Å². The lowest BCUT2D eigenvalue weighted by molar-refractivity contribution is -0.123. The average Bonchev–Trinajstić information content (AvgIpc) is 2.61. The molecule has 25 heavy (non-hydrogen) atoms. The van der Waals surface area contributed by atoms with Gasteiger partial charge in [-0.15, -0.1) is 0 Å². The van der Waals surface area contributed by atoms with E-state index in [-0.39, 0.29) is 12.5 Å². The van der Waals surface area contributed by atoms with E-state index >= 15 is 0 Å². The van der Waals surface area contributed by atoms with Crippen molar-refractivity contribution in [2.75, 3.05) is 6.61 Å². The number of carbonyl (C=O) groups is 1. The fourth-order valence-corrected chi connectivity index (χ4v) is 2.45. The third-order valence-corrected chi connectivity index (χ3v) is 4.25. The quantitative estimate of drug-likeness (QED) is 0.603. The summed E-state index contributed by atoms with van der Waals surface area (Å²) in [5, 5.41) is 3.99. The highest BCUT2D eigenvalue weighted by atomic mass is 16.5. The molecule has 132 valence electrons. The fourth-order valence-electron chi connectivity index (χ4n) is 2.45. The topological polar surface area (TPSA) is 50.7 Å². The number of benzene rings is 2. The number of nitrogens with zero attached hydrogens (tertiary/aromatic N) is 1. The molecule has 0 aliphatic rings. The number of nitrogens with one attached hydrogen (secondary N) is 1. The van der Waals surface area contributed by atoms with Gasteiger partial charge in [-0.25, -0.2) is 5.43 Å². The van der Waals surface area contributed by atoms with Crippen molar-refractivity contribution in [2.45, 2.75) is 40.0 Å². The van der Waals surface area contributed by atoms with E-state index in [0.717, 1.165) is 17.5 Å². The molecule has 0 saturated carbocycles. The Kier molecular flexibility index (Phi) is 6.75. The smallest absolute Gasteiger partial charge is 0.277 e. The van der Waals surface area contributed by atoms with Crippen LogP contribution in [0.2, 0.25) is 0 Å². The number of hydrogen-bond acceptors (Lipinski definition) is 3. The molecule has 1 atom stereocenters. The third kappa shape index (κ3) is 5.75. The average molecular weight is 338 g/mol. The third-order valence-electron chi connectivity index (χ3n) is 4.25. The van der Waals surface area contributed by atoms with Crippen LogP contribution < -0.4 is 10.2 Å². The molecule has 2 aromatic carbocycles. The van der Waals surface area contributed by atoms with E-state index in [1.165, 1.54) is 11.1 Å². The predicted octanol–water partition coefficient (Wildman–Crippen LogP) is 4.35. The Hall–Kier alpha value is -2.62. The summed E-state index contributed by atoms with van der Waals surface area (Å²) >= 11 is 0. The van der Waals surface area contributed by atoms with Gasteiger partial charge in [0, 0.05) is 0 Å². The summed E-state index contributed by atoms with van der Waals surface area (Å²) in [5.74, 6) is 0.921. The number of hydrogen-bond donors (Lipinski definition) is 1. The first-order valence-corrected chi connectivity index (χ1v) is 8.61.